The highest BCUT2D eigenvalue weighted by Gasteiger charge is 2.17. The van der Waals surface area contributed by atoms with Gasteiger partial charge in [0.25, 0.3) is 0 Å². The summed E-state index contributed by atoms with van der Waals surface area (Å²) in [5.41, 5.74) is 6.38. The molecule has 0 aromatic carbocycles. The monoisotopic (exact) mass is 280 g/mol. The van der Waals surface area contributed by atoms with Gasteiger partial charge in [0.2, 0.25) is 0 Å². The van der Waals surface area contributed by atoms with Crippen LogP contribution < -0.4 is 11.1 Å². The van der Waals surface area contributed by atoms with Gasteiger partial charge in [0.15, 0.2) is 0 Å². The van der Waals surface area contributed by atoms with E-state index in [4.69, 9.17) is 10.5 Å². The number of carbonyl (C=O) groups is 1. The van der Waals surface area contributed by atoms with Crippen LogP contribution in [0, 0.1) is 5.92 Å². The fraction of sp³-hybridized carbons (Fsp3) is 0.571. The lowest BCUT2D eigenvalue weighted by molar-refractivity contribution is 0.0602. The van der Waals surface area contributed by atoms with Gasteiger partial charge in [-0.1, -0.05) is 13.8 Å². The summed E-state index contributed by atoms with van der Waals surface area (Å²) in [4.78, 5) is 17.9. The van der Waals surface area contributed by atoms with Gasteiger partial charge in [-0.3, -0.25) is 0 Å². The second kappa shape index (κ2) is 7.09. The fourth-order valence-electron chi connectivity index (χ4n) is 1.84. The number of ether oxygens (including phenoxy) is 1. The molecule has 0 aliphatic carbocycles. The Morgan fingerprint density at radius 2 is 2.15 bits per heavy atom. The Hall–Kier alpha value is -1.82. The van der Waals surface area contributed by atoms with E-state index in [0.29, 0.717) is 23.0 Å². The highest BCUT2D eigenvalue weighted by Crippen LogP contribution is 2.18. The van der Waals surface area contributed by atoms with E-state index in [1.807, 2.05) is 14.1 Å². The molecule has 1 aromatic rings. The number of methoxy groups -OCH3 is 1. The Balaban J connectivity index is 2.93. The Bertz CT molecular complexity index is 460. The number of aromatic nitrogens is 1. The van der Waals surface area contributed by atoms with Gasteiger partial charge in [0.1, 0.15) is 5.82 Å². The van der Waals surface area contributed by atoms with E-state index in [0.717, 1.165) is 6.54 Å². The molecule has 1 heterocycles. The van der Waals surface area contributed by atoms with E-state index < -0.39 is 5.97 Å². The lowest BCUT2D eigenvalue weighted by atomic mass is 10.0. The number of carbonyl (C=O) groups excluding carboxylic acids is 1. The standard InChI is InChI=1S/C14H24N4O2/c1-9(2)12(8-18(3)4)17-13-6-10(14(19)20-5)11(15)7-16-13/h6-7,9,12H,8,15H2,1-5H3,(H,16,17). The molecule has 1 aromatic heterocycles. The number of pyridine rings is 1. The quantitative estimate of drug-likeness (QED) is 0.768. The molecule has 6 nitrogen and oxygen atoms in total. The van der Waals surface area contributed by atoms with Crippen molar-refractivity contribution in [2.45, 2.75) is 19.9 Å². The Morgan fingerprint density at radius 3 is 2.65 bits per heavy atom. The van der Waals surface area contributed by atoms with Gasteiger partial charge < -0.3 is 20.7 Å². The number of nitrogens with one attached hydrogen (secondary N) is 1. The second-order valence-electron chi connectivity index (χ2n) is 5.41. The Morgan fingerprint density at radius 1 is 1.50 bits per heavy atom. The molecular formula is C14H24N4O2. The fourth-order valence-corrected chi connectivity index (χ4v) is 1.84. The van der Waals surface area contributed by atoms with E-state index >= 15 is 0 Å². The van der Waals surface area contributed by atoms with Crippen molar-refractivity contribution in [2.24, 2.45) is 5.92 Å². The van der Waals surface area contributed by atoms with Gasteiger partial charge in [-0.15, -0.1) is 0 Å². The van der Waals surface area contributed by atoms with Crippen LogP contribution in [0.2, 0.25) is 0 Å². The predicted octanol–water partition coefficient (Wildman–Crippen LogP) is 1.45. The minimum Gasteiger partial charge on any atom is -0.465 e. The van der Waals surface area contributed by atoms with Crippen LogP contribution in [0.3, 0.4) is 0 Å². The van der Waals surface area contributed by atoms with Crippen molar-refractivity contribution in [3.8, 4) is 0 Å². The maximum absolute atomic E-state index is 11.6. The number of esters is 1. The first-order valence-corrected chi connectivity index (χ1v) is 6.60. The van der Waals surface area contributed by atoms with Crippen molar-refractivity contribution in [1.82, 2.24) is 9.88 Å². The van der Waals surface area contributed by atoms with Gasteiger partial charge in [-0.05, 0) is 26.1 Å². The molecule has 0 fully saturated rings. The number of rotatable bonds is 6. The molecule has 0 spiro atoms. The van der Waals surface area contributed by atoms with Crippen LogP contribution >= 0.6 is 0 Å². The molecule has 112 valence electrons. The van der Waals surface area contributed by atoms with Crippen molar-refractivity contribution in [1.29, 1.82) is 0 Å². The summed E-state index contributed by atoms with van der Waals surface area (Å²) in [5, 5.41) is 3.34. The summed E-state index contributed by atoms with van der Waals surface area (Å²) in [6, 6.07) is 1.86. The number of nitrogens with zero attached hydrogens (tertiary/aromatic N) is 2. The lowest BCUT2D eigenvalue weighted by Crippen LogP contribution is -2.36. The average Bonchev–Trinajstić information content (AvgIpc) is 2.38. The SMILES string of the molecule is COC(=O)c1cc(NC(CN(C)C)C(C)C)ncc1N. The Kier molecular flexibility index (Phi) is 5.76. The van der Waals surface area contributed by atoms with E-state index in [2.05, 4.69) is 29.0 Å². The molecule has 0 bridgehead atoms. The number of hydrogen-bond acceptors (Lipinski definition) is 6. The van der Waals surface area contributed by atoms with Crippen LogP contribution in [0.25, 0.3) is 0 Å². The van der Waals surface area contributed by atoms with Crippen molar-refractivity contribution in [2.75, 3.05) is 38.8 Å². The average molecular weight is 280 g/mol. The summed E-state index contributed by atoms with van der Waals surface area (Å²) in [6.07, 6.45) is 1.47. The van der Waals surface area contributed by atoms with Crippen LogP contribution in [0.15, 0.2) is 12.3 Å². The van der Waals surface area contributed by atoms with Crippen LogP contribution in [0.4, 0.5) is 11.5 Å². The van der Waals surface area contributed by atoms with Crippen LogP contribution in [0.1, 0.15) is 24.2 Å². The van der Waals surface area contributed by atoms with Crippen LogP contribution in [-0.2, 0) is 4.74 Å². The third-order valence-corrected chi connectivity index (χ3v) is 3.04. The molecule has 0 radical (unpaired) electrons. The summed E-state index contributed by atoms with van der Waals surface area (Å²) >= 11 is 0. The molecule has 0 aliphatic heterocycles. The first kappa shape index (κ1) is 16.2. The zero-order valence-electron chi connectivity index (χ0n) is 12.8. The van der Waals surface area contributed by atoms with E-state index in [-0.39, 0.29) is 6.04 Å². The minimum atomic E-state index is -0.457. The molecule has 6 heteroatoms. The summed E-state index contributed by atoms with van der Waals surface area (Å²) in [7, 11) is 5.37. The highest BCUT2D eigenvalue weighted by molar-refractivity contribution is 5.95. The molecule has 0 saturated carbocycles. The van der Waals surface area contributed by atoms with Crippen LogP contribution in [0.5, 0.6) is 0 Å². The van der Waals surface area contributed by atoms with Crippen molar-refractivity contribution < 1.29 is 9.53 Å². The summed E-state index contributed by atoms with van der Waals surface area (Å²) in [6.45, 7) is 5.15. The van der Waals surface area contributed by atoms with E-state index in [1.165, 1.54) is 13.3 Å². The summed E-state index contributed by atoms with van der Waals surface area (Å²) < 4.78 is 4.71. The van der Waals surface area contributed by atoms with Gasteiger partial charge >= 0.3 is 5.97 Å². The van der Waals surface area contributed by atoms with Gasteiger partial charge in [0.05, 0.1) is 24.6 Å². The highest BCUT2D eigenvalue weighted by atomic mass is 16.5. The number of likely N-dealkylation sites (N-methyl/N-ethyl adjacent to an activating group) is 1. The maximum atomic E-state index is 11.6. The zero-order valence-corrected chi connectivity index (χ0v) is 12.8. The van der Waals surface area contributed by atoms with Crippen molar-refractivity contribution >= 4 is 17.5 Å². The molecule has 0 saturated heterocycles. The lowest BCUT2D eigenvalue weighted by Gasteiger charge is -2.26. The third-order valence-electron chi connectivity index (χ3n) is 3.04. The molecular weight excluding hydrogens is 256 g/mol. The number of nitrogen functional groups attached to an aromatic ring is 1. The molecule has 20 heavy (non-hydrogen) atoms. The molecule has 0 aliphatic rings. The van der Waals surface area contributed by atoms with Crippen molar-refractivity contribution in [3.05, 3.63) is 17.8 Å². The van der Waals surface area contributed by atoms with Gasteiger partial charge in [-0.2, -0.15) is 0 Å². The molecule has 0 amide bonds. The number of anilines is 2. The smallest absolute Gasteiger partial charge is 0.340 e. The number of nitrogens with two attached hydrogens (primary N) is 1. The molecule has 1 atom stereocenters. The largest absolute Gasteiger partial charge is 0.465 e. The summed E-state index contributed by atoms with van der Waals surface area (Å²) in [5.74, 6) is 0.597. The minimum absolute atomic E-state index is 0.228. The van der Waals surface area contributed by atoms with Crippen LogP contribution in [-0.4, -0.2) is 49.6 Å². The van der Waals surface area contributed by atoms with Crippen molar-refractivity contribution in [3.63, 3.8) is 0 Å². The molecule has 1 rings (SSSR count). The molecule has 1 unspecified atom stereocenters. The zero-order chi connectivity index (χ0) is 15.3. The number of hydrogen-bond donors (Lipinski definition) is 2. The first-order valence-electron chi connectivity index (χ1n) is 6.60. The van der Waals surface area contributed by atoms with Gasteiger partial charge in [-0.25, -0.2) is 9.78 Å². The van der Waals surface area contributed by atoms with E-state index in [1.54, 1.807) is 6.07 Å². The second-order valence-corrected chi connectivity index (χ2v) is 5.41. The topological polar surface area (TPSA) is 80.5 Å². The van der Waals surface area contributed by atoms with E-state index in [9.17, 15) is 4.79 Å². The first-order chi connectivity index (χ1) is 9.35. The normalized spacial score (nSPS) is 12.6. The Labute approximate surface area is 120 Å². The maximum Gasteiger partial charge on any atom is 0.340 e. The molecule has 3 N–H and O–H groups in total. The third kappa shape index (κ3) is 4.38. The van der Waals surface area contributed by atoms with Gasteiger partial charge in [0, 0.05) is 12.6 Å². The predicted molar refractivity (Wildman–Crippen MR) is 80.8 cm³/mol.